The fourth-order valence-corrected chi connectivity index (χ4v) is 14.4. The molecule has 2 aromatic carbocycles. The van der Waals surface area contributed by atoms with Gasteiger partial charge in [0.15, 0.2) is 0 Å². The summed E-state index contributed by atoms with van der Waals surface area (Å²) in [4.78, 5) is 0. The average molecular weight is 585 g/mol. The van der Waals surface area contributed by atoms with Crippen LogP contribution in [-0.2, 0) is 0 Å². The molecule has 2 aromatic rings. The smallest absolute Gasteiger partial charge is 0.0996 e. The van der Waals surface area contributed by atoms with Crippen LogP contribution >= 0.6 is 7.92 Å². The highest BCUT2D eigenvalue weighted by molar-refractivity contribution is 7.60. The van der Waals surface area contributed by atoms with Crippen LogP contribution in [0.2, 0.25) is 0 Å². The zero-order chi connectivity index (χ0) is 29.4. The van der Waals surface area contributed by atoms with Crippen LogP contribution in [0.25, 0.3) is 0 Å². The first kappa shape index (κ1) is 30.2. The molecule has 1 heterocycles. The minimum absolute atomic E-state index is 0.0210. The van der Waals surface area contributed by atoms with E-state index in [0.717, 1.165) is 17.0 Å². The van der Waals surface area contributed by atoms with Crippen molar-refractivity contribution >= 4 is 7.92 Å². The largest absolute Gasteiger partial charge is 0.363 e. The Balaban J connectivity index is 1.45. The van der Waals surface area contributed by atoms with E-state index in [0.29, 0.717) is 0 Å². The summed E-state index contributed by atoms with van der Waals surface area (Å²) in [5.41, 5.74) is 16.1. The van der Waals surface area contributed by atoms with Gasteiger partial charge in [-0.15, -0.1) is 0 Å². The molecule has 4 fully saturated rings. The number of allylic oxidation sites excluding steroid dienone is 1. The lowest BCUT2D eigenvalue weighted by Gasteiger charge is -2.45. The maximum absolute atomic E-state index is 4.27. The minimum atomic E-state index is 0.0210. The SMILES string of the molecule is Cc1cc(C)c(C2NC(=C3CCCCC3P(C3CCCCC3)C3CCCCC3)NC2c2c(C)cc(C)cc2C)c(C)c1. The molecule has 0 amide bonds. The van der Waals surface area contributed by atoms with Crippen molar-refractivity contribution in [3.05, 3.63) is 80.2 Å². The topological polar surface area (TPSA) is 24.1 Å². The van der Waals surface area contributed by atoms with Crippen molar-refractivity contribution in [3.63, 3.8) is 0 Å². The molecule has 3 heteroatoms. The van der Waals surface area contributed by atoms with E-state index in [9.17, 15) is 0 Å². The monoisotopic (exact) mass is 584 g/mol. The molecule has 0 spiro atoms. The molecule has 1 aliphatic heterocycles. The van der Waals surface area contributed by atoms with Crippen LogP contribution in [0.15, 0.2) is 35.7 Å². The molecule has 228 valence electrons. The van der Waals surface area contributed by atoms with Crippen molar-refractivity contribution in [1.29, 1.82) is 0 Å². The predicted octanol–water partition coefficient (Wildman–Crippen LogP) is 10.8. The first-order chi connectivity index (χ1) is 20.3. The molecule has 1 saturated heterocycles. The van der Waals surface area contributed by atoms with Crippen molar-refractivity contribution in [2.45, 2.75) is 160 Å². The molecule has 0 bridgehead atoms. The highest BCUT2D eigenvalue weighted by Crippen LogP contribution is 2.63. The van der Waals surface area contributed by atoms with Crippen LogP contribution in [-0.4, -0.2) is 17.0 Å². The third kappa shape index (κ3) is 6.09. The van der Waals surface area contributed by atoms with Crippen molar-refractivity contribution in [1.82, 2.24) is 10.6 Å². The Morgan fingerprint density at radius 2 is 0.929 bits per heavy atom. The molecule has 3 atom stereocenters. The van der Waals surface area contributed by atoms with Crippen LogP contribution in [0.1, 0.15) is 146 Å². The Morgan fingerprint density at radius 3 is 1.36 bits per heavy atom. The number of benzene rings is 2. The summed E-state index contributed by atoms with van der Waals surface area (Å²) >= 11 is 0. The molecule has 0 radical (unpaired) electrons. The number of hydrogen-bond acceptors (Lipinski definition) is 2. The molecule has 0 aromatic heterocycles. The zero-order valence-corrected chi connectivity index (χ0v) is 28.4. The first-order valence-electron chi connectivity index (χ1n) is 17.5. The summed E-state index contributed by atoms with van der Waals surface area (Å²) in [5.74, 6) is 1.42. The third-order valence-electron chi connectivity index (χ3n) is 11.3. The van der Waals surface area contributed by atoms with Crippen LogP contribution < -0.4 is 10.6 Å². The van der Waals surface area contributed by atoms with Crippen molar-refractivity contribution in [2.75, 3.05) is 0 Å². The molecule has 2 N–H and O–H groups in total. The van der Waals surface area contributed by atoms with Gasteiger partial charge >= 0.3 is 0 Å². The van der Waals surface area contributed by atoms with Gasteiger partial charge in [0.05, 0.1) is 17.9 Å². The van der Waals surface area contributed by atoms with Crippen molar-refractivity contribution in [2.24, 2.45) is 0 Å². The van der Waals surface area contributed by atoms with E-state index in [2.05, 4.69) is 76.4 Å². The van der Waals surface area contributed by atoms with E-state index in [4.69, 9.17) is 0 Å². The molecule has 3 unspecified atom stereocenters. The quantitative estimate of drug-likeness (QED) is 0.342. The lowest BCUT2D eigenvalue weighted by atomic mass is 9.85. The van der Waals surface area contributed by atoms with E-state index in [1.54, 1.807) is 5.57 Å². The molecule has 6 rings (SSSR count). The van der Waals surface area contributed by atoms with Gasteiger partial charge in [0.2, 0.25) is 0 Å². The molecular formula is C39H57N2P. The highest BCUT2D eigenvalue weighted by atomic mass is 31.1. The molecule has 4 aliphatic rings. The van der Waals surface area contributed by atoms with Crippen molar-refractivity contribution < 1.29 is 0 Å². The van der Waals surface area contributed by atoms with Gasteiger partial charge in [0.25, 0.3) is 0 Å². The van der Waals surface area contributed by atoms with Gasteiger partial charge in [-0.25, -0.2) is 0 Å². The summed E-state index contributed by atoms with van der Waals surface area (Å²) < 4.78 is 0. The summed E-state index contributed by atoms with van der Waals surface area (Å²) in [6.07, 6.45) is 20.4. The predicted molar refractivity (Wildman–Crippen MR) is 183 cm³/mol. The molecule has 3 saturated carbocycles. The Bertz CT molecular complexity index is 1160. The summed E-state index contributed by atoms with van der Waals surface area (Å²) in [5, 5.41) is 8.53. The summed E-state index contributed by atoms with van der Waals surface area (Å²) in [6, 6.07) is 10.1. The maximum Gasteiger partial charge on any atom is 0.0996 e. The minimum Gasteiger partial charge on any atom is -0.363 e. The normalized spacial score (nSPS) is 26.0. The third-order valence-corrected chi connectivity index (χ3v) is 15.3. The van der Waals surface area contributed by atoms with E-state index in [1.807, 2.05) is 0 Å². The van der Waals surface area contributed by atoms with Crippen LogP contribution in [0, 0.1) is 41.5 Å². The Kier molecular flexibility index (Phi) is 9.40. The van der Waals surface area contributed by atoms with Crippen molar-refractivity contribution in [3.8, 4) is 0 Å². The second-order valence-corrected chi connectivity index (χ2v) is 17.5. The van der Waals surface area contributed by atoms with Gasteiger partial charge < -0.3 is 10.6 Å². The Hall–Kier alpha value is -1.79. The lowest BCUT2D eigenvalue weighted by molar-refractivity contribution is 0.475. The zero-order valence-electron chi connectivity index (χ0n) is 27.5. The average Bonchev–Trinajstić information content (AvgIpc) is 3.37. The molecular weight excluding hydrogens is 527 g/mol. The summed E-state index contributed by atoms with van der Waals surface area (Å²) in [7, 11) is 0.0210. The molecule has 2 nitrogen and oxygen atoms in total. The summed E-state index contributed by atoms with van der Waals surface area (Å²) in [6.45, 7) is 13.8. The maximum atomic E-state index is 4.27. The Morgan fingerprint density at radius 1 is 0.524 bits per heavy atom. The van der Waals surface area contributed by atoms with E-state index in [-0.39, 0.29) is 20.0 Å². The van der Waals surface area contributed by atoms with E-state index < -0.39 is 0 Å². The highest BCUT2D eigenvalue weighted by Gasteiger charge is 2.42. The molecule has 3 aliphatic carbocycles. The van der Waals surface area contributed by atoms with E-state index >= 15 is 0 Å². The number of nitrogens with one attached hydrogen (secondary N) is 2. The van der Waals surface area contributed by atoms with Gasteiger partial charge in [-0.3, -0.25) is 0 Å². The van der Waals surface area contributed by atoms with Gasteiger partial charge in [0.1, 0.15) is 0 Å². The van der Waals surface area contributed by atoms with Gasteiger partial charge in [-0.2, -0.15) is 0 Å². The fraction of sp³-hybridized carbons (Fsp3) is 0.641. The van der Waals surface area contributed by atoms with Crippen LogP contribution in [0.3, 0.4) is 0 Å². The number of rotatable bonds is 5. The molecule has 42 heavy (non-hydrogen) atoms. The second-order valence-electron chi connectivity index (χ2n) is 14.6. The standard InChI is InChI=1S/C39H57N2P/c1-25-21-27(3)35(28(4)22-25)37-38(36-29(5)23-26(2)24-30(36)6)41-39(40-37)33-19-13-14-20-34(33)42(31-15-9-7-10-16-31)32-17-11-8-12-18-32/h21-24,31-32,34,37-38,40-41H,7-20H2,1-6H3. The van der Waals surface area contributed by atoms with Crippen LogP contribution in [0.5, 0.6) is 0 Å². The second kappa shape index (κ2) is 13.1. The first-order valence-corrected chi connectivity index (χ1v) is 19.1. The lowest BCUT2D eigenvalue weighted by Crippen LogP contribution is -2.32. The van der Waals surface area contributed by atoms with Gasteiger partial charge in [-0.1, -0.05) is 88.3 Å². The van der Waals surface area contributed by atoms with Gasteiger partial charge in [0, 0.05) is 5.66 Å². The Labute approximate surface area is 258 Å². The van der Waals surface area contributed by atoms with Crippen LogP contribution in [0.4, 0.5) is 0 Å². The number of hydrogen-bond donors (Lipinski definition) is 2. The number of aryl methyl sites for hydroxylation is 6. The van der Waals surface area contributed by atoms with Gasteiger partial charge in [-0.05, 0) is 137 Å². The fourth-order valence-electron chi connectivity index (χ4n) is 9.73. The van der Waals surface area contributed by atoms with E-state index in [1.165, 1.54) is 140 Å².